The average molecular weight is 235 g/mol. The van der Waals surface area contributed by atoms with Gasteiger partial charge in [0.15, 0.2) is 0 Å². The molecule has 0 unspecified atom stereocenters. The quantitative estimate of drug-likeness (QED) is 0.883. The Bertz CT molecular complexity index is 496. The molecule has 1 aromatic carbocycles. The van der Waals surface area contributed by atoms with Gasteiger partial charge in [0.2, 0.25) is 11.7 Å². The van der Waals surface area contributed by atoms with Crippen LogP contribution in [0, 0.1) is 5.82 Å². The van der Waals surface area contributed by atoms with E-state index in [0.717, 1.165) is 0 Å². The van der Waals surface area contributed by atoms with Gasteiger partial charge in [-0.1, -0.05) is 31.1 Å². The molecule has 0 saturated carbocycles. The second kappa shape index (κ2) is 5.05. The lowest BCUT2D eigenvalue weighted by atomic mass is 10.2. The Morgan fingerprint density at radius 3 is 2.94 bits per heavy atom. The summed E-state index contributed by atoms with van der Waals surface area (Å²) < 4.78 is 18.1. The highest BCUT2D eigenvalue weighted by Gasteiger charge is 2.09. The Morgan fingerprint density at radius 1 is 1.41 bits per heavy atom. The highest BCUT2D eigenvalue weighted by atomic mass is 19.1. The highest BCUT2D eigenvalue weighted by molar-refractivity contribution is 5.53. The maximum atomic E-state index is 13.0. The Labute approximate surface area is 98.8 Å². The fourth-order valence-corrected chi connectivity index (χ4v) is 1.36. The first-order chi connectivity index (χ1) is 8.15. The van der Waals surface area contributed by atoms with Crippen LogP contribution in [0.3, 0.4) is 0 Å². The van der Waals surface area contributed by atoms with Crippen LogP contribution in [0.4, 0.5) is 4.39 Å². The minimum Gasteiger partial charge on any atom is -0.338 e. The number of rotatable bonds is 4. The van der Waals surface area contributed by atoms with E-state index in [1.165, 1.54) is 12.1 Å². The Morgan fingerprint density at radius 2 is 2.24 bits per heavy atom. The minimum absolute atomic E-state index is 0.311. The molecule has 1 heterocycles. The maximum Gasteiger partial charge on any atom is 0.240 e. The molecule has 4 nitrogen and oxygen atoms in total. The SMILES string of the molecule is CC(C)NCc1nc(-c2cccc(F)c2)no1. The molecule has 1 N–H and O–H groups in total. The van der Waals surface area contributed by atoms with Crippen molar-refractivity contribution in [2.75, 3.05) is 0 Å². The molecule has 2 rings (SSSR count). The molecule has 0 atom stereocenters. The monoisotopic (exact) mass is 235 g/mol. The molecule has 0 amide bonds. The summed E-state index contributed by atoms with van der Waals surface area (Å²) in [5.41, 5.74) is 0.615. The fourth-order valence-electron chi connectivity index (χ4n) is 1.36. The lowest BCUT2D eigenvalue weighted by Crippen LogP contribution is -2.21. The summed E-state index contributed by atoms with van der Waals surface area (Å²) in [6, 6.07) is 6.47. The van der Waals surface area contributed by atoms with E-state index < -0.39 is 0 Å². The van der Waals surface area contributed by atoms with Crippen LogP contribution in [-0.4, -0.2) is 16.2 Å². The minimum atomic E-state index is -0.311. The van der Waals surface area contributed by atoms with Gasteiger partial charge < -0.3 is 9.84 Å². The van der Waals surface area contributed by atoms with Crippen LogP contribution in [0.5, 0.6) is 0 Å². The summed E-state index contributed by atoms with van der Waals surface area (Å²) in [5.74, 6) is 0.595. The van der Waals surface area contributed by atoms with Gasteiger partial charge >= 0.3 is 0 Å². The van der Waals surface area contributed by atoms with Crippen molar-refractivity contribution in [2.45, 2.75) is 26.4 Å². The molecule has 90 valence electrons. The van der Waals surface area contributed by atoms with Crippen LogP contribution < -0.4 is 5.32 Å². The van der Waals surface area contributed by atoms with Crippen molar-refractivity contribution in [2.24, 2.45) is 0 Å². The summed E-state index contributed by atoms with van der Waals surface area (Å²) in [7, 11) is 0. The number of halogens is 1. The molecular formula is C12H14FN3O. The van der Waals surface area contributed by atoms with E-state index in [-0.39, 0.29) is 5.82 Å². The van der Waals surface area contributed by atoms with Crippen LogP contribution in [0.25, 0.3) is 11.4 Å². The van der Waals surface area contributed by atoms with E-state index in [2.05, 4.69) is 15.5 Å². The summed E-state index contributed by atoms with van der Waals surface area (Å²) in [6.07, 6.45) is 0. The van der Waals surface area contributed by atoms with Gasteiger partial charge in [0.25, 0.3) is 0 Å². The van der Waals surface area contributed by atoms with Gasteiger partial charge in [-0.2, -0.15) is 4.98 Å². The number of nitrogens with one attached hydrogen (secondary N) is 1. The van der Waals surface area contributed by atoms with Gasteiger partial charge in [-0.05, 0) is 12.1 Å². The second-order valence-electron chi connectivity index (χ2n) is 4.06. The fraction of sp³-hybridized carbons (Fsp3) is 0.333. The molecule has 2 aromatic rings. The smallest absolute Gasteiger partial charge is 0.240 e. The van der Waals surface area contributed by atoms with Crippen molar-refractivity contribution in [3.8, 4) is 11.4 Å². The van der Waals surface area contributed by atoms with Crippen molar-refractivity contribution in [1.82, 2.24) is 15.5 Å². The molecular weight excluding hydrogens is 221 g/mol. The van der Waals surface area contributed by atoms with Crippen LogP contribution in [0.2, 0.25) is 0 Å². The van der Waals surface area contributed by atoms with E-state index in [9.17, 15) is 4.39 Å². The van der Waals surface area contributed by atoms with Crippen LogP contribution >= 0.6 is 0 Å². The van der Waals surface area contributed by atoms with Crippen molar-refractivity contribution < 1.29 is 8.91 Å². The van der Waals surface area contributed by atoms with Crippen molar-refractivity contribution in [3.05, 3.63) is 36.0 Å². The highest BCUT2D eigenvalue weighted by Crippen LogP contribution is 2.16. The summed E-state index contributed by atoms with van der Waals surface area (Å²) in [5, 5.41) is 6.98. The van der Waals surface area contributed by atoms with Gasteiger partial charge in [0.1, 0.15) is 5.82 Å². The number of aromatic nitrogens is 2. The van der Waals surface area contributed by atoms with Gasteiger partial charge in [-0.3, -0.25) is 0 Å². The lowest BCUT2D eigenvalue weighted by Gasteiger charge is -2.02. The van der Waals surface area contributed by atoms with Crippen molar-refractivity contribution in [1.29, 1.82) is 0 Å². The molecule has 1 aromatic heterocycles. The third kappa shape index (κ3) is 3.10. The predicted octanol–water partition coefficient (Wildman–Crippen LogP) is 2.37. The Balaban J connectivity index is 2.12. The third-order valence-electron chi connectivity index (χ3n) is 2.21. The molecule has 0 radical (unpaired) electrons. The molecule has 5 heteroatoms. The maximum absolute atomic E-state index is 13.0. The van der Waals surface area contributed by atoms with E-state index in [1.54, 1.807) is 12.1 Å². The first-order valence-corrected chi connectivity index (χ1v) is 5.47. The molecule has 0 spiro atoms. The van der Waals surface area contributed by atoms with E-state index >= 15 is 0 Å². The Hall–Kier alpha value is -1.75. The Kier molecular flexibility index (Phi) is 3.49. The molecule has 0 aliphatic rings. The summed E-state index contributed by atoms with van der Waals surface area (Å²) in [4.78, 5) is 4.19. The zero-order valence-corrected chi connectivity index (χ0v) is 9.77. The summed E-state index contributed by atoms with van der Waals surface area (Å²) >= 11 is 0. The first-order valence-electron chi connectivity index (χ1n) is 5.47. The second-order valence-corrected chi connectivity index (χ2v) is 4.06. The average Bonchev–Trinajstić information content (AvgIpc) is 2.75. The number of benzene rings is 1. The first kappa shape index (κ1) is 11.7. The molecule has 0 saturated heterocycles. The normalized spacial score (nSPS) is 11.1. The molecule has 0 aliphatic carbocycles. The van der Waals surface area contributed by atoms with Crippen LogP contribution in [0.15, 0.2) is 28.8 Å². The molecule has 0 aliphatic heterocycles. The van der Waals surface area contributed by atoms with E-state index in [4.69, 9.17) is 4.52 Å². The predicted molar refractivity (Wildman–Crippen MR) is 61.7 cm³/mol. The van der Waals surface area contributed by atoms with Gasteiger partial charge in [0.05, 0.1) is 6.54 Å². The lowest BCUT2D eigenvalue weighted by molar-refractivity contribution is 0.362. The largest absolute Gasteiger partial charge is 0.338 e. The van der Waals surface area contributed by atoms with Gasteiger partial charge in [-0.25, -0.2) is 4.39 Å². The molecule has 17 heavy (non-hydrogen) atoms. The van der Waals surface area contributed by atoms with Gasteiger partial charge in [-0.15, -0.1) is 0 Å². The van der Waals surface area contributed by atoms with Crippen LogP contribution in [0.1, 0.15) is 19.7 Å². The zero-order valence-electron chi connectivity index (χ0n) is 9.77. The van der Waals surface area contributed by atoms with Crippen LogP contribution in [-0.2, 0) is 6.54 Å². The van der Waals surface area contributed by atoms with E-state index in [1.807, 2.05) is 13.8 Å². The van der Waals surface area contributed by atoms with Crippen molar-refractivity contribution in [3.63, 3.8) is 0 Å². The van der Waals surface area contributed by atoms with Crippen molar-refractivity contribution >= 4 is 0 Å². The topological polar surface area (TPSA) is 51.0 Å². The summed E-state index contributed by atoms with van der Waals surface area (Å²) in [6.45, 7) is 4.58. The zero-order chi connectivity index (χ0) is 12.3. The van der Waals surface area contributed by atoms with E-state index in [0.29, 0.717) is 29.9 Å². The standard InChI is InChI=1S/C12H14FN3O/c1-8(2)14-7-11-15-12(16-17-11)9-4-3-5-10(13)6-9/h3-6,8,14H,7H2,1-2H3. The number of hydrogen-bond acceptors (Lipinski definition) is 4. The number of nitrogens with zero attached hydrogens (tertiary/aromatic N) is 2. The molecule has 0 fully saturated rings. The third-order valence-corrected chi connectivity index (χ3v) is 2.21. The van der Waals surface area contributed by atoms with Gasteiger partial charge in [0, 0.05) is 11.6 Å². The number of hydrogen-bond donors (Lipinski definition) is 1. The molecule has 0 bridgehead atoms.